The van der Waals surface area contributed by atoms with E-state index in [4.69, 9.17) is 4.74 Å². The molecule has 0 amide bonds. The second kappa shape index (κ2) is 6.36. The van der Waals surface area contributed by atoms with Crippen LogP contribution in [0.5, 0.6) is 5.75 Å². The third kappa shape index (κ3) is 3.83. The number of halogens is 2. The molecular weight excluding hydrogens is 364 g/mol. The first-order valence-corrected chi connectivity index (χ1v) is 6.95. The lowest BCUT2D eigenvalue weighted by Crippen LogP contribution is -2.23. The predicted molar refractivity (Wildman–Crippen MR) is 75.6 cm³/mol. The van der Waals surface area contributed by atoms with Gasteiger partial charge in [0.25, 0.3) is 0 Å². The summed E-state index contributed by atoms with van der Waals surface area (Å²) in [5.41, 5.74) is 0. The summed E-state index contributed by atoms with van der Waals surface area (Å²) in [4.78, 5) is 3.92. The number of aliphatic hydroxyl groups excluding tert-OH is 1. The maximum absolute atomic E-state index is 9.83. The highest BCUT2D eigenvalue weighted by atomic mass is 79.9. The van der Waals surface area contributed by atoms with E-state index in [1.807, 2.05) is 22.8 Å². The number of imidazole rings is 1. The van der Waals surface area contributed by atoms with Crippen molar-refractivity contribution in [2.24, 2.45) is 0 Å². The zero-order valence-electron chi connectivity index (χ0n) is 9.46. The molecule has 1 aromatic carbocycles. The highest BCUT2D eigenvalue weighted by molar-refractivity contribution is 9.11. The predicted octanol–water partition coefficient (Wildman–Crippen LogP) is 2.85. The summed E-state index contributed by atoms with van der Waals surface area (Å²) in [5.74, 6) is 0.711. The maximum Gasteiger partial charge on any atom is 0.133 e. The van der Waals surface area contributed by atoms with Crippen LogP contribution in [0.1, 0.15) is 0 Å². The smallest absolute Gasteiger partial charge is 0.133 e. The van der Waals surface area contributed by atoms with Crippen LogP contribution in [-0.4, -0.2) is 27.4 Å². The van der Waals surface area contributed by atoms with Gasteiger partial charge in [0.05, 0.1) is 17.3 Å². The zero-order valence-corrected chi connectivity index (χ0v) is 12.6. The summed E-state index contributed by atoms with van der Waals surface area (Å²) in [6, 6.07) is 5.64. The first-order valence-electron chi connectivity index (χ1n) is 5.37. The van der Waals surface area contributed by atoms with Gasteiger partial charge in [0.2, 0.25) is 0 Å². The molecule has 18 heavy (non-hydrogen) atoms. The summed E-state index contributed by atoms with van der Waals surface area (Å²) >= 11 is 6.78. The standard InChI is InChI=1S/C12H12Br2N2O2/c13-9-1-2-12(11(14)5-9)18-7-10(17)6-16-4-3-15-8-16/h1-5,8,10,17H,6-7H2. The molecule has 0 spiro atoms. The molecule has 1 unspecified atom stereocenters. The van der Waals surface area contributed by atoms with E-state index in [2.05, 4.69) is 36.8 Å². The fourth-order valence-corrected chi connectivity index (χ4v) is 2.63. The number of benzene rings is 1. The minimum Gasteiger partial charge on any atom is -0.490 e. The van der Waals surface area contributed by atoms with Crippen LogP contribution in [0.15, 0.2) is 45.9 Å². The lowest BCUT2D eigenvalue weighted by Gasteiger charge is -2.13. The Bertz CT molecular complexity index is 503. The lowest BCUT2D eigenvalue weighted by atomic mass is 10.3. The molecule has 1 N–H and O–H groups in total. The molecular formula is C12H12Br2N2O2. The van der Waals surface area contributed by atoms with Gasteiger partial charge in [-0.2, -0.15) is 0 Å². The summed E-state index contributed by atoms with van der Waals surface area (Å²) in [5, 5.41) is 9.83. The molecule has 0 aliphatic carbocycles. The largest absolute Gasteiger partial charge is 0.490 e. The average molecular weight is 376 g/mol. The molecule has 2 rings (SSSR count). The van der Waals surface area contributed by atoms with Crippen LogP contribution >= 0.6 is 31.9 Å². The van der Waals surface area contributed by atoms with E-state index in [9.17, 15) is 5.11 Å². The van der Waals surface area contributed by atoms with Gasteiger partial charge in [-0.25, -0.2) is 4.98 Å². The van der Waals surface area contributed by atoms with E-state index in [0.717, 1.165) is 8.95 Å². The third-order valence-corrected chi connectivity index (χ3v) is 3.42. The van der Waals surface area contributed by atoms with Gasteiger partial charge in [0, 0.05) is 16.9 Å². The molecule has 0 aliphatic heterocycles. The molecule has 1 heterocycles. The normalized spacial score (nSPS) is 12.4. The first-order chi connectivity index (χ1) is 8.65. The molecule has 0 aliphatic rings. The fourth-order valence-electron chi connectivity index (χ4n) is 1.47. The summed E-state index contributed by atoms with van der Waals surface area (Å²) < 4.78 is 9.19. The summed E-state index contributed by atoms with van der Waals surface area (Å²) in [7, 11) is 0. The number of hydrogen-bond acceptors (Lipinski definition) is 3. The van der Waals surface area contributed by atoms with Gasteiger partial charge in [-0.3, -0.25) is 0 Å². The number of nitrogens with zero attached hydrogens (tertiary/aromatic N) is 2. The van der Waals surface area contributed by atoms with Gasteiger partial charge in [-0.15, -0.1) is 0 Å². The Morgan fingerprint density at radius 2 is 2.22 bits per heavy atom. The van der Waals surface area contributed by atoms with Gasteiger partial charge in [0.1, 0.15) is 18.5 Å². The summed E-state index contributed by atoms with van der Waals surface area (Å²) in [6.45, 7) is 0.701. The molecule has 6 heteroatoms. The number of aromatic nitrogens is 2. The van der Waals surface area contributed by atoms with Gasteiger partial charge in [-0.05, 0) is 34.1 Å². The Hall–Kier alpha value is -0.850. The second-order valence-electron chi connectivity index (χ2n) is 3.80. The molecule has 4 nitrogen and oxygen atoms in total. The van der Waals surface area contributed by atoms with Crippen molar-refractivity contribution in [1.29, 1.82) is 0 Å². The first kappa shape index (κ1) is 13.6. The van der Waals surface area contributed by atoms with Crippen LogP contribution in [0.3, 0.4) is 0 Å². The SMILES string of the molecule is OC(COc1ccc(Br)cc1Br)Cn1ccnc1. The number of rotatable bonds is 5. The maximum atomic E-state index is 9.83. The van der Waals surface area contributed by atoms with E-state index < -0.39 is 6.10 Å². The van der Waals surface area contributed by atoms with Crippen LogP contribution in [0.25, 0.3) is 0 Å². The number of ether oxygens (including phenoxy) is 1. The Morgan fingerprint density at radius 1 is 1.39 bits per heavy atom. The monoisotopic (exact) mass is 374 g/mol. The molecule has 2 aromatic rings. The van der Waals surface area contributed by atoms with Crippen molar-refractivity contribution in [1.82, 2.24) is 9.55 Å². The van der Waals surface area contributed by atoms with Gasteiger partial charge in [-0.1, -0.05) is 15.9 Å². The molecule has 96 valence electrons. The van der Waals surface area contributed by atoms with Crippen LogP contribution < -0.4 is 4.74 Å². The molecule has 1 atom stereocenters. The van der Waals surface area contributed by atoms with Crippen LogP contribution in [0.4, 0.5) is 0 Å². The van der Waals surface area contributed by atoms with Crippen molar-refractivity contribution < 1.29 is 9.84 Å². The van der Waals surface area contributed by atoms with Crippen LogP contribution in [-0.2, 0) is 6.54 Å². The van der Waals surface area contributed by atoms with Crippen molar-refractivity contribution in [2.75, 3.05) is 6.61 Å². The fraction of sp³-hybridized carbons (Fsp3) is 0.250. The minimum absolute atomic E-state index is 0.235. The van der Waals surface area contributed by atoms with Gasteiger partial charge in [0.15, 0.2) is 0 Å². The third-order valence-electron chi connectivity index (χ3n) is 2.31. The lowest BCUT2D eigenvalue weighted by molar-refractivity contribution is 0.0921. The average Bonchev–Trinajstić information content (AvgIpc) is 2.80. The Labute approximate surface area is 122 Å². The minimum atomic E-state index is -0.574. The second-order valence-corrected chi connectivity index (χ2v) is 5.57. The molecule has 0 bridgehead atoms. The molecule has 0 saturated heterocycles. The van der Waals surface area contributed by atoms with Crippen molar-refractivity contribution in [2.45, 2.75) is 12.6 Å². The van der Waals surface area contributed by atoms with E-state index >= 15 is 0 Å². The van der Waals surface area contributed by atoms with E-state index in [1.54, 1.807) is 18.7 Å². The topological polar surface area (TPSA) is 47.3 Å². The van der Waals surface area contributed by atoms with Gasteiger partial charge >= 0.3 is 0 Å². The molecule has 0 fully saturated rings. The molecule has 1 aromatic heterocycles. The Kier molecular flexibility index (Phi) is 4.79. The van der Waals surface area contributed by atoms with E-state index in [-0.39, 0.29) is 6.61 Å². The van der Waals surface area contributed by atoms with E-state index in [0.29, 0.717) is 12.3 Å². The number of hydrogen-bond donors (Lipinski definition) is 1. The molecule has 0 radical (unpaired) electrons. The van der Waals surface area contributed by atoms with Crippen molar-refractivity contribution in [3.05, 3.63) is 45.9 Å². The Balaban J connectivity index is 1.87. The number of aliphatic hydroxyl groups is 1. The molecule has 0 saturated carbocycles. The van der Waals surface area contributed by atoms with Crippen LogP contribution in [0.2, 0.25) is 0 Å². The summed E-state index contributed by atoms with van der Waals surface area (Å²) in [6.07, 6.45) is 4.57. The van der Waals surface area contributed by atoms with Gasteiger partial charge < -0.3 is 14.4 Å². The Morgan fingerprint density at radius 3 is 2.89 bits per heavy atom. The van der Waals surface area contributed by atoms with Crippen molar-refractivity contribution in [3.8, 4) is 5.75 Å². The highest BCUT2D eigenvalue weighted by Gasteiger charge is 2.08. The van der Waals surface area contributed by atoms with Crippen molar-refractivity contribution >= 4 is 31.9 Å². The zero-order chi connectivity index (χ0) is 13.0. The van der Waals surface area contributed by atoms with E-state index in [1.165, 1.54) is 0 Å². The quantitative estimate of drug-likeness (QED) is 0.874. The van der Waals surface area contributed by atoms with Crippen LogP contribution in [0, 0.1) is 0 Å². The van der Waals surface area contributed by atoms with Crippen molar-refractivity contribution in [3.63, 3.8) is 0 Å². The highest BCUT2D eigenvalue weighted by Crippen LogP contribution is 2.28.